The smallest absolute Gasteiger partial charge is 0.263 e. The van der Waals surface area contributed by atoms with Crippen LogP contribution in [0.1, 0.15) is 17.1 Å². The van der Waals surface area contributed by atoms with Crippen LogP contribution in [0.3, 0.4) is 0 Å². The van der Waals surface area contributed by atoms with E-state index in [2.05, 4.69) is 35.2 Å². The Labute approximate surface area is 241 Å². The van der Waals surface area contributed by atoms with Crippen LogP contribution in [-0.2, 0) is 14.8 Å². The van der Waals surface area contributed by atoms with Crippen molar-refractivity contribution in [2.45, 2.75) is 30.8 Å². The van der Waals surface area contributed by atoms with E-state index >= 15 is 0 Å². The van der Waals surface area contributed by atoms with Gasteiger partial charge in [0.05, 0.1) is 10.6 Å². The highest BCUT2D eigenvalue weighted by atomic mass is 32.2. The monoisotopic (exact) mass is 586 g/mol. The average Bonchev–Trinajstić information content (AvgIpc) is 3.36. The predicted octanol–water partition coefficient (Wildman–Crippen LogP) is 4.58. The van der Waals surface area contributed by atoms with Crippen LogP contribution in [0.5, 0.6) is 0 Å². The third kappa shape index (κ3) is 6.76. The summed E-state index contributed by atoms with van der Waals surface area (Å²) < 4.78 is 30.0. The lowest BCUT2D eigenvalue weighted by Gasteiger charge is -2.11. The van der Waals surface area contributed by atoms with Crippen LogP contribution in [0.4, 0.5) is 11.5 Å². The van der Waals surface area contributed by atoms with Crippen LogP contribution in [0.2, 0.25) is 0 Å². The number of hydrogen-bond acceptors (Lipinski definition) is 9. The molecular formula is C28H26N8O3S2. The number of anilines is 2. The SMILES string of the molecule is Cc1ccc(-n2c(SCC(=O)Nc3ccc(S(=O)(=O)Nc4cc(C)nc(C)n4)cc3)nnc2-c2ccncc2)cc1. The van der Waals surface area contributed by atoms with Crippen LogP contribution in [0, 0.1) is 20.8 Å². The first-order valence-corrected chi connectivity index (χ1v) is 15.0. The average molecular weight is 587 g/mol. The number of nitrogens with zero attached hydrogens (tertiary/aromatic N) is 6. The summed E-state index contributed by atoms with van der Waals surface area (Å²) in [6.07, 6.45) is 3.38. The summed E-state index contributed by atoms with van der Waals surface area (Å²) in [5.41, 5.74) is 3.94. The van der Waals surface area contributed by atoms with E-state index in [1.54, 1.807) is 32.3 Å². The van der Waals surface area contributed by atoms with E-state index in [0.717, 1.165) is 16.8 Å². The number of carbonyl (C=O) groups is 1. The van der Waals surface area contributed by atoms with Gasteiger partial charge in [0.15, 0.2) is 11.0 Å². The number of carbonyl (C=O) groups excluding carboxylic acids is 1. The fourth-order valence-electron chi connectivity index (χ4n) is 3.99. The fraction of sp³-hybridized carbons (Fsp3) is 0.143. The van der Waals surface area contributed by atoms with Gasteiger partial charge in [-0.2, -0.15) is 0 Å². The highest BCUT2D eigenvalue weighted by Crippen LogP contribution is 2.28. The summed E-state index contributed by atoms with van der Waals surface area (Å²) in [5.74, 6) is 1.07. The number of aryl methyl sites for hydroxylation is 3. The van der Waals surface area contributed by atoms with E-state index < -0.39 is 10.0 Å². The predicted molar refractivity (Wildman–Crippen MR) is 157 cm³/mol. The van der Waals surface area contributed by atoms with Crippen molar-refractivity contribution < 1.29 is 13.2 Å². The lowest BCUT2D eigenvalue weighted by molar-refractivity contribution is -0.113. The van der Waals surface area contributed by atoms with E-state index in [0.29, 0.717) is 28.2 Å². The maximum Gasteiger partial charge on any atom is 0.263 e. The number of pyridine rings is 1. The number of benzene rings is 2. The number of thioether (sulfide) groups is 1. The zero-order chi connectivity index (χ0) is 29.0. The Kier molecular flexibility index (Phi) is 8.08. The number of sulfonamides is 1. The van der Waals surface area contributed by atoms with E-state index in [9.17, 15) is 13.2 Å². The van der Waals surface area contributed by atoms with E-state index in [1.165, 1.54) is 36.0 Å². The molecule has 41 heavy (non-hydrogen) atoms. The topological polar surface area (TPSA) is 145 Å². The van der Waals surface area contributed by atoms with Gasteiger partial charge in [0.2, 0.25) is 5.91 Å². The molecule has 3 heterocycles. The first-order chi connectivity index (χ1) is 19.7. The highest BCUT2D eigenvalue weighted by molar-refractivity contribution is 7.99. The van der Waals surface area contributed by atoms with Gasteiger partial charge in [-0.05, 0) is 69.3 Å². The second-order valence-electron chi connectivity index (χ2n) is 9.12. The van der Waals surface area contributed by atoms with Crippen molar-refractivity contribution in [2.24, 2.45) is 0 Å². The van der Waals surface area contributed by atoms with Gasteiger partial charge in [-0.1, -0.05) is 29.5 Å². The Morgan fingerprint density at radius 1 is 0.902 bits per heavy atom. The number of aromatic nitrogens is 6. The van der Waals surface area contributed by atoms with Crippen LogP contribution < -0.4 is 10.0 Å². The van der Waals surface area contributed by atoms with Crippen molar-refractivity contribution in [3.8, 4) is 17.1 Å². The van der Waals surface area contributed by atoms with Crippen LogP contribution in [-0.4, -0.2) is 49.8 Å². The number of rotatable bonds is 9. The summed E-state index contributed by atoms with van der Waals surface area (Å²) in [4.78, 5) is 25.2. The highest BCUT2D eigenvalue weighted by Gasteiger charge is 2.18. The van der Waals surface area contributed by atoms with Crippen LogP contribution in [0.25, 0.3) is 17.1 Å². The molecule has 0 fully saturated rings. The first-order valence-electron chi connectivity index (χ1n) is 12.5. The van der Waals surface area contributed by atoms with Crippen molar-refractivity contribution in [3.05, 3.63) is 96.2 Å². The van der Waals surface area contributed by atoms with Gasteiger partial charge >= 0.3 is 0 Å². The lowest BCUT2D eigenvalue weighted by Crippen LogP contribution is -2.16. The molecule has 0 aliphatic rings. The molecule has 0 unspecified atom stereocenters. The molecule has 1 amide bonds. The molecule has 5 rings (SSSR count). The third-order valence-corrected chi connectivity index (χ3v) is 8.15. The number of amides is 1. The summed E-state index contributed by atoms with van der Waals surface area (Å²) in [5, 5.41) is 12.1. The van der Waals surface area contributed by atoms with E-state index in [4.69, 9.17) is 0 Å². The second kappa shape index (κ2) is 11.9. The molecule has 0 aliphatic heterocycles. The fourth-order valence-corrected chi connectivity index (χ4v) is 5.73. The van der Waals surface area contributed by atoms with Gasteiger partial charge in [0.25, 0.3) is 10.0 Å². The maximum absolute atomic E-state index is 12.8. The van der Waals surface area contributed by atoms with Gasteiger partial charge in [-0.15, -0.1) is 10.2 Å². The quantitative estimate of drug-likeness (QED) is 0.237. The van der Waals surface area contributed by atoms with Crippen LogP contribution in [0.15, 0.2) is 89.2 Å². The molecule has 208 valence electrons. The molecule has 13 heteroatoms. The summed E-state index contributed by atoms with van der Waals surface area (Å²) in [6.45, 7) is 5.46. The number of nitrogens with one attached hydrogen (secondary N) is 2. The molecule has 0 radical (unpaired) electrons. The molecule has 5 aromatic rings. The lowest BCUT2D eigenvalue weighted by atomic mass is 10.2. The Hall–Kier alpha value is -4.62. The Balaban J connectivity index is 1.27. The molecule has 2 N–H and O–H groups in total. The summed E-state index contributed by atoms with van der Waals surface area (Å²) in [6, 6.07) is 19.1. The molecule has 0 spiro atoms. The number of hydrogen-bond donors (Lipinski definition) is 2. The molecule has 0 bridgehead atoms. The molecule has 0 saturated heterocycles. The molecule has 0 saturated carbocycles. The largest absolute Gasteiger partial charge is 0.325 e. The normalized spacial score (nSPS) is 11.3. The van der Waals surface area contributed by atoms with Crippen molar-refractivity contribution in [1.82, 2.24) is 29.7 Å². The zero-order valence-electron chi connectivity index (χ0n) is 22.4. The minimum absolute atomic E-state index is 0.0358. The minimum Gasteiger partial charge on any atom is -0.325 e. The standard InChI is InChI=1S/C28H26N8O3S2/c1-18-4-8-23(9-5-18)36-27(21-12-14-29-15-13-21)33-34-28(36)40-17-26(37)32-22-6-10-24(11-7-22)41(38,39)35-25-16-19(2)30-20(3)31-25/h4-16H,17H2,1-3H3,(H,32,37)(H,30,31,35). The Morgan fingerprint density at radius 3 is 2.29 bits per heavy atom. The molecular weight excluding hydrogens is 560 g/mol. The second-order valence-corrected chi connectivity index (χ2v) is 11.7. The van der Waals surface area contributed by atoms with E-state index in [1.807, 2.05) is 47.9 Å². The van der Waals surface area contributed by atoms with Gasteiger partial charge in [0, 0.05) is 41.1 Å². The summed E-state index contributed by atoms with van der Waals surface area (Å²) >= 11 is 1.24. The van der Waals surface area contributed by atoms with Crippen molar-refractivity contribution >= 4 is 39.2 Å². The molecule has 0 atom stereocenters. The van der Waals surface area contributed by atoms with Gasteiger partial charge in [-0.25, -0.2) is 18.4 Å². The first kappa shape index (κ1) is 27.9. The van der Waals surface area contributed by atoms with Gasteiger partial charge < -0.3 is 5.32 Å². The maximum atomic E-state index is 12.8. The van der Waals surface area contributed by atoms with Crippen molar-refractivity contribution in [2.75, 3.05) is 15.8 Å². The molecule has 2 aromatic carbocycles. The van der Waals surface area contributed by atoms with Crippen molar-refractivity contribution in [3.63, 3.8) is 0 Å². The molecule has 11 nitrogen and oxygen atoms in total. The van der Waals surface area contributed by atoms with Crippen LogP contribution >= 0.6 is 11.8 Å². The third-order valence-electron chi connectivity index (χ3n) is 5.85. The minimum atomic E-state index is -3.87. The van der Waals surface area contributed by atoms with Gasteiger partial charge in [-0.3, -0.25) is 19.1 Å². The zero-order valence-corrected chi connectivity index (χ0v) is 24.1. The Bertz CT molecular complexity index is 1770. The summed E-state index contributed by atoms with van der Waals surface area (Å²) in [7, 11) is -3.87. The Morgan fingerprint density at radius 2 is 1.61 bits per heavy atom. The molecule has 3 aromatic heterocycles. The van der Waals surface area contributed by atoms with Gasteiger partial charge in [0.1, 0.15) is 11.6 Å². The van der Waals surface area contributed by atoms with Crippen molar-refractivity contribution in [1.29, 1.82) is 0 Å². The molecule has 0 aliphatic carbocycles. The van der Waals surface area contributed by atoms with E-state index in [-0.39, 0.29) is 22.4 Å².